The molecule has 17 heavy (non-hydrogen) atoms. The molecule has 1 saturated carbocycles. The van der Waals surface area contributed by atoms with Crippen molar-refractivity contribution in [3.63, 3.8) is 0 Å². The van der Waals surface area contributed by atoms with Crippen molar-refractivity contribution in [2.45, 2.75) is 32.1 Å². The molecule has 0 aromatic heterocycles. The SMILES string of the molecule is CN(CCC1CCC(/C=C/CO)CC1)C(=O)O. The van der Waals surface area contributed by atoms with Gasteiger partial charge in [-0.25, -0.2) is 4.79 Å². The van der Waals surface area contributed by atoms with Crippen molar-refractivity contribution >= 4 is 6.09 Å². The fourth-order valence-corrected chi connectivity index (χ4v) is 2.39. The third-order valence-corrected chi connectivity index (χ3v) is 3.60. The van der Waals surface area contributed by atoms with E-state index in [9.17, 15) is 4.79 Å². The van der Waals surface area contributed by atoms with Crippen molar-refractivity contribution in [1.82, 2.24) is 4.90 Å². The van der Waals surface area contributed by atoms with Crippen LogP contribution in [0.5, 0.6) is 0 Å². The highest BCUT2D eigenvalue weighted by Crippen LogP contribution is 2.31. The fourth-order valence-electron chi connectivity index (χ4n) is 2.39. The van der Waals surface area contributed by atoms with Crippen LogP contribution in [-0.2, 0) is 0 Å². The number of amides is 1. The first-order valence-electron chi connectivity index (χ1n) is 6.35. The Kier molecular flexibility index (Phi) is 6.05. The molecule has 4 heteroatoms. The number of hydrogen-bond donors (Lipinski definition) is 2. The lowest BCUT2D eigenvalue weighted by atomic mass is 9.80. The van der Waals surface area contributed by atoms with Crippen LogP contribution in [0.25, 0.3) is 0 Å². The van der Waals surface area contributed by atoms with Gasteiger partial charge in [-0.1, -0.05) is 12.2 Å². The molecule has 0 saturated heterocycles. The first kappa shape index (κ1) is 14.0. The van der Waals surface area contributed by atoms with Crippen molar-refractivity contribution in [1.29, 1.82) is 0 Å². The monoisotopic (exact) mass is 241 g/mol. The summed E-state index contributed by atoms with van der Waals surface area (Å²) in [5, 5.41) is 17.4. The Balaban J connectivity index is 2.19. The van der Waals surface area contributed by atoms with Crippen LogP contribution < -0.4 is 0 Å². The van der Waals surface area contributed by atoms with Crippen LogP contribution in [0, 0.1) is 11.8 Å². The van der Waals surface area contributed by atoms with Gasteiger partial charge in [-0.3, -0.25) is 0 Å². The number of carboxylic acid groups (broad SMARTS) is 1. The van der Waals surface area contributed by atoms with Crippen LogP contribution in [-0.4, -0.2) is 41.4 Å². The summed E-state index contributed by atoms with van der Waals surface area (Å²) < 4.78 is 0. The Hall–Kier alpha value is -1.03. The summed E-state index contributed by atoms with van der Waals surface area (Å²) in [5.41, 5.74) is 0. The second kappa shape index (κ2) is 7.33. The maximum atomic E-state index is 10.6. The van der Waals surface area contributed by atoms with E-state index in [1.165, 1.54) is 17.7 Å². The van der Waals surface area contributed by atoms with Gasteiger partial charge in [0.15, 0.2) is 0 Å². The third-order valence-electron chi connectivity index (χ3n) is 3.60. The van der Waals surface area contributed by atoms with Gasteiger partial charge in [-0.05, 0) is 43.9 Å². The minimum absolute atomic E-state index is 0.128. The van der Waals surface area contributed by atoms with Gasteiger partial charge < -0.3 is 15.1 Å². The molecule has 0 atom stereocenters. The smallest absolute Gasteiger partial charge is 0.407 e. The summed E-state index contributed by atoms with van der Waals surface area (Å²) in [4.78, 5) is 12.0. The normalized spacial score (nSPS) is 25.1. The number of aliphatic hydroxyl groups excluding tert-OH is 1. The zero-order chi connectivity index (χ0) is 12.7. The van der Waals surface area contributed by atoms with Crippen LogP contribution in [0.3, 0.4) is 0 Å². The number of rotatable bonds is 5. The molecule has 4 nitrogen and oxygen atoms in total. The van der Waals surface area contributed by atoms with Gasteiger partial charge in [0.1, 0.15) is 0 Å². The summed E-state index contributed by atoms with van der Waals surface area (Å²) in [6.45, 7) is 0.764. The highest BCUT2D eigenvalue weighted by Gasteiger charge is 2.20. The van der Waals surface area contributed by atoms with Crippen molar-refractivity contribution < 1.29 is 15.0 Å². The second-order valence-corrected chi connectivity index (χ2v) is 4.88. The molecule has 0 aromatic rings. The van der Waals surface area contributed by atoms with Crippen LogP contribution in [0.1, 0.15) is 32.1 Å². The van der Waals surface area contributed by atoms with E-state index in [1.807, 2.05) is 6.08 Å². The molecule has 0 heterocycles. The van der Waals surface area contributed by atoms with E-state index in [-0.39, 0.29) is 6.61 Å². The van der Waals surface area contributed by atoms with E-state index < -0.39 is 6.09 Å². The number of nitrogens with zero attached hydrogens (tertiary/aromatic N) is 1. The van der Waals surface area contributed by atoms with Crippen LogP contribution >= 0.6 is 0 Å². The van der Waals surface area contributed by atoms with Gasteiger partial charge in [-0.2, -0.15) is 0 Å². The van der Waals surface area contributed by atoms with Crippen molar-refractivity contribution in [3.05, 3.63) is 12.2 Å². The molecule has 0 radical (unpaired) electrons. The van der Waals surface area contributed by atoms with Gasteiger partial charge in [0, 0.05) is 13.6 Å². The molecule has 0 spiro atoms. The van der Waals surface area contributed by atoms with Gasteiger partial charge in [0.05, 0.1) is 6.61 Å². The lowest BCUT2D eigenvalue weighted by Gasteiger charge is -2.27. The lowest BCUT2D eigenvalue weighted by molar-refractivity contribution is 0.150. The highest BCUT2D eigenvalue weighted by atomic mass is 16.4. The summed E-state index contributed by atoms with van der Waals surface area (Å²) in [6.07, 6.45) is 8.74. The van der Waals surface area contributed by atoms with Crippen LogP contribution in [0.2, 0.25) is 0 Å². The summed E-state index contributed by atoms with van der Waals surface area (Å²) in [5.74, 6) is 1.27. The fraction of sp³-hybridized carbons (Fsp3) is 0.769. The van der Waals surface area contributed by atoms with E-state index in [1.54, 1.807) is 7.05 Å². The molecule has 1 rings (SSSR count). The lowest BCUT2D eigenvalue weighted by Crippen LogP contribution is -2.28. The minimum Gasteiger partial charge on any atom is -0.465 e. The van der Waals surface area contributed by atoms with Crippen LogP contribution in [0.4, 0.5) is 4.79 Å². The van der Waals surface area contributed by atoms with Crippen molar-refractivity contribution in [2.24, 2.45) is 11.8 Å². The van der Waals surface area contributed by atoms with Crippen molar-refractivity contribution in [3.8, 4) is 0 Å². The highest BCUT2D eigenvalue weighted by molar-refractivity contribution is 5.64. The number of hydrogen-bond acceptors (Lipinski definition) is 2. The maximum Gasteiger partial charge on any atom is 0.407 e. The first-order chi connectivity index (χ1) is 8.13. The Morgan fingerprint density at radius 3 is 2.53 bits per heavy atom. The molecular weight excluding hydrogens is 218 g/mol. The average molecular weight is 241 g/mol. The largest absolute Gasteiger partial charge is 0.465 e. The Bertz CT molecular complexity index is 257. The summed E-state index contributed by atoms with van der Waals surface area (Å²) >= 11 is 0. The third kappa shape index (κ3) is 5.22. The second-order valence-electron chi connectivity index (χ2n) is 4.88. The molecule has 0 bridgehead atoms. The van der Waals surface area contributed by atoms with E-state index in [2.05, 4.69) is 6.08 Å². The molecule has 0 aromatic carbocycles. The number of allylic oxidation sites excluding steroid dienone is 1. The molecular formula is C13H23NO3. The Labute approximate surface area is 103 Å². The topological polar surface area (TPSA) is 60.8 Å². The van der Waals surface area contributed by atoms with E-state index in [0.717, 1.165) is 19.3 Å². The molecule has 0 unspecified atom stereocenters. The predicted octanol–water partition coefficient (Wildman–Crippen LogP) is 2.34. The quantitative estimate of drug-likeness (QED) is 0.726. The minimum atomic E-state index is -0.843. The Morgan fingerprint density at radius 2 is 2.00 bits per heavy atom. The van der Waals surface area contributed by atoms with Gasteiger partial charge in [0.25, 0.3) is 0 Å². The molecule has 1 aliphatic carbocycles. The van der Waals surface area contributed by atoms with E-state index >= 15 is 0 Å². The van der Waals surface area contributed by atoms with Crippen LogP contribution in [0.15, 0.2) is 12.2 Å². The standard InChI is InChI=1S/C13H23NO3/c1-14(13(16)17)9-8-12-6-4-11(5-7-12)3-2-10-15/h2-3,11-12,15H,4-10H2,1H3,(H,16,17)/b3-2+. The first-order valence-corrected chi connectivity index (χ1v) is 6.35. The van der Waals surface area contributed by atoms with E-state index in [0.29, 0.717) is 18.4 Å². The molecule has 2 N–H and O–H groups in total. The van der Waals surface area contributed by atoms with Crippen molar-refractivity contribution in [2.75, 3.05) is 20.2 Å². The zero-order valence-corrected chi connectivity index (χ0v) is 10.5. The maximum absolute atomic E-state index is 10.6. The molecule has 1 amide bonds. The number of carbonyl (C=O) groups is 1. The van der Waals surface area contributed by atoms with Gasteiger partial charge in [-0.15, -0.1) is 0 Å². The molecule has 1 fully saturated rings. The molecule has 0 aliphatic heterocycles. The zero-order valence-electron chi connectivity index (χ0n) is 10.5. The summed E-state index contributed by atoms with van der Waals surface area (Å²) in [7, 11) is 1.62. The number of aliphatic hydroxyl groups is 1. The van der Waals surface area contributed by atoms with Gasteiger partial charge in [0.2, 0.25) is 0 Å². The predicted molar refractivity (Wildman–Crippen MR) is 66.9 cm³/mol. The molecule has 98 valence electrons. The van der Waals surface area contributed by atoms with Gasteiger partial charge >= 0.3 is 6.09 Å². The molecule has 1 aliphatic rings. The summed E-state index contributed by atoms with van der Waals surface area (Å²) in [6, 6.07) is 0. The Morgan fingerprint density at radius 1 is 1.35 bits per heavy atom. The average Bonchev–Trinajstić information content (AvgIpc) is 2.34. The van der Waals surface area contributed by atoms with E-state index in [4.69, 9.17) is 10.2 Å².